The van der Waals surface area contributed by atoms with E-state index in [1.54, 1.807) is 34.6 Å². The molecule has 1 amide bonds. The monoisotopic (exact) mass is 367 g/mol. The molecule has 6 nitrogen and oxygen atoms in total. The molecule has 0 aliphatic rings. The number of carbonyl (C=O) groups is 1. The fraction of sp³-hybridized carbons (Fsp3) is 0.286. The molecule has 0 unspecified atom stereocenters. The molecule has 3 rings (SSSR count). The van der Waals surface area contributed by atoms with Gasteiger partial charge in [0.25, 0.3) is 0 Å². The number of rotatable bonds is 6. The van der Waals surface area contributed by atoms with Gasteiger partial charge in [-0.1, -0.05) is 6.07 Å². The lowest BCUT2D eigenvalue weighted by Crippen LogP contribution is -2.26. The van der Waals surface area contributed by atoms with E-state index in [2.05, 4.69) is 20.2 Å². The highest BCUT2D eigenvalue weighted by Crippen LogP contribution is 2.28. The number of aryl methyl sites for hydroxylation is 1. The molecule has 0 radical (unpaired) electrons. The Balaban J connectivity index is 1.54. The summed E-state index contributed by atoms with van der Waals surface area (Å²) in [5.41, 5.74) is 0.900. The van der Waals surface area contributed by atoms with Crippen molar-refractivity contribution in [1.82, 2.24) is 25.1 Å². The molecule has 1 N–H and O–H groups in total. The number of thiazole rings is 1. The van der Waals surface area contributed by atoms with E-state index in [1.165, 1.54) is 0 Å². The second-order valence-electron chi connectivity index (χ2n) is 4.92. The van der Waals surface area contributed by atoms with E-state index in [1.807, 2.05) is 22.9 Å². The summed E-state index contributed by atoms with van der Waals surface area (Å²) < 4.78 is 0. The van der Waals surface area contributed by atoms with Crippen LogP contribution in [0.5, 0.6) is 0 Å². The Labute approximate surface area is 146 Å². The van der Waals surface area contributed by atoms with Gasteiger partial charge >= 0.3 is 0 Å². The third-order valence-corrected chi connectivity index (χ3v) is 5.29. The van der Waals surface area contributed by atoms with Gasteiger partial charge in [0.15, 0.2) is 0 Å². The van der Waals surface area contributed by atoms with Gasteiger partial charge in [0.1, 0.15) is 10.8 Å². The van der Waals surface area contributed by atoms with E-state index in [0.29, 0.717) is 25.2 Å². The van der Waals surface area contributed by atoms with Crippen LogP contribution in [0, 0.1) is 0 Å². The molecular weight excluding hydrogens is 354 g/mol. The number of halogens is 1. The van der Waals surface area contributed by atoms with Crippen LogP contribution in [-0.4, -0.2) is 38.0 Å². The summed E-state index contributed by atoms with van der Waals surface area (Å²) in [4.78, 5) is 23.6. The van der Waals surface area contributed by atoms with E-state index < -0.39 is 0 Å². The molecule has 0 saturated carbocycles. The summed E-state index contributed by atoms with van der Waals surface area (Å²) in [6.07, 6.45) is 0.838. The lowest BCUT2D eigenvalue weighted by Gasteiger charge is -2.15. The van der Waals surface area contributed by atoms with Crippen molar-refractivity contribution in [3.63, 3.8) is 0 Å². The zero-order valence-corrected chi connectivity index (χ0v) is 14.7. The molecule has 9 heteroatoms. The lowest BCUT2D eigenvalue weighted by atomic mass is 10.2. The van der Waals surface area contributed by atoms with Crippen LogP contribution in [0.1, 0.15) is 17.9 Å². The summed E-state index contributed by atoms with van der Waals surface area (Å²) in [5.74, 6) is 0.647. The number of aromatic amines is 1. The Hall–Kier alpha value is -1.77. The van der Waals surface area contributed by atoms with E-state index in [4.69, 9.17) is 11.6 Å². The first-order valence-corrected chi connectivity index (χ1v) is 9.04. The van der Waals surface area contributed by atoms with Crippen molar-refractivity contribution in [2.24, 2.45) is 0 Å². The molecule has 0 aliphatic carbocycles. The van der Waals surface area contributed by atoms with Crippen LogP contribution in [-0.2, 0) is 17.8 Å². The first kappa shape index (κ1) is 16.1. The summed E-state index contributed by atoms with van der Waals surface area (Å²) in [6.45, 7) is 0.498. The number of hydrogen-bond donors (Lipinski definition) is 1. The quantitative estimate of drug-likeness (QED) is 0.725. The molecule has 0 fully saturated rings. The molecule has 0 bridgehead atoms. The molecule has 3 aromatic heterocycles. The number of H-pyrrole nitrogens is 1. The number of nitrogens with one attached hydrogen (secondary N) is 1. The van der Waals surface area contributed by atoms with E-state index in [-0.39, 0.29) is 11.2 Å². The molecule has 0 atom stereocenters. The first-order chi connectivity index (χ1) is 11.1. The molecule has 23 heavy (non-hydrogen) atoms. The van der Waals surface area contributed by atoms with Crippen molar-refractivity contribution in [2.45, 2.75) is 19.4 Å². The molecule has 0 spiro atoms. The minimum absolute atomic E-state index is 0.0307. The summed E-state index contributed by atoms with van der Waals surface area (Å²) in [7, 11) is 1.78. The van der Waals surface area contributed by atoms with Crippen molar-refractivity contribution in [1.29, 1.82) is 0 Å². The Morgan fingerprint density at radius 1 is 1.39 bits per heavy atom. The Bertz CT molecular complexity index is 783. The normalized spacial score (nSPS) is 10.9. The van der Waals surface area contributed by atoms with Gasteiger partial charge in [-0.3, -0.25) is 9.89 Å². The minimum atomic E-state index is 0.0307. The minimum Gasteiger partial charge on any atom is -0.340 e. The summed E-state index contributed by atoms with van der Waals surface area (Å²) in [5, 5.41) is 11.6. The second-order valence-corrected chi connectivity index (χ2v) is 7.07. The maximum Gasteiger partial charge on any atom is 0.242 e. The van der Waals surface area contributed by atoms with E-state index in [9.17, 15) is 4.79 Å². The zero-order valence-electron chi connectivity index (χ0n) is 12.3. The summed E-state index contributed by atoms with van der Waals surface area (Å²) >= 11 is 8.89. The van der Waals surface area contributed by atoms with Gasteiger partial charge in [0.2, 0.25) is 11.2 Å². The third-order valence-electron chi connectivity index (χ3n) is 3.19. The SMILES string of the molecule is CN(Cc1csc(-c2cccs2)n1)C(=O)CCc1nc(Cl)n[nH]1. The predicted octanol–water partition coefficient (Wildman–Crippen LogP) is 3.23. The molecule has 0 aromatic carbocycles. The predicted molar refractivity (Wildman–Crippen MR) is 91.6 cm³/mol. The van der Waals surface area contributed by atoms with E-state index in [0.717, 1.165) is 15.6 Å². The van der Waals surface area contributed by atoms with Gasteiger partial charge in [-0.2, -0.15) is 0 Å². The number of aromatic nitrogens is 4. The highest BCUT2D eigenvalue weighted by atomic mass is 35.5. The van der Waals surface area contributed by atoms with Crippen LogP contribution in [0.15, 0.2) is 22.9 Å². The highest BCUT2D eigenvalue weighted by molar-refractivity contribution is 7.20. The smallest absolute Gasteiger partial charge is 0.242 e. The fourth-order valence-electron chi connectivity index (χ4n) is 2.02. The maximum absolute atomic E-state index is 12.2. The van der Waals surface area contributed by atoms with Gasteiger partial charge < -0.3 is 4.90 Å². The van der Waals surface area contributed by atoms with Crippen LogP contribution in [0.2, 0.25) is 5.28 Å². The van der Waals surface area contributed by atoms with Crippen LogP contribution >= 0.6 is 34.3 Å². The topological polar surface area (TPSA) is 74.8 Å². The Morgan fingerprint density at radius 2 is 2.26 bits per heavy atom. The number of nitrogens with zero attached hydrogens (tertiary/aromatic N) is 4. The Kier molecular flexibility index (Phi) is 5.04. The number of carbonyl (C=O) groups excluding carboxylic acids is 1. The highest BCUT2D eigenvalue weighted by Gasteiger charge is 2.13. The van der Waals surface area contributed by atoms with Gasteiger partial charge in [0.05, 0.1) is 17.1 Å². The number of thiophene rings is 1. The van der Waals surface area contributed by atoms with Crippen LogP contribution in [0.4, 0.5) is 0 Å². The molecule has 120 valence electrons. The molecule has 0 saturated heterocycles. The van der Waals surface area contributed by atoms with Crippen LogP contribution in [0.25, 0.3) is 9.88 Å². The summed E-state index contributed by atoms with van der Waals surface area (Å²) in [6, 6.07) is 4.05. The van der Waals surface area contributed by atoms with Crippen LogP contribution < -0.4 is 0 Å². The fourth-order valence-corrected chi connectivity index (χ4v) is 3.79. The zero-order chi connectivity index (χ0) is 16.2. The van der Waals surface area contributed by atoms with Crippen molar-refractivity contribution in [3.8, 4) is 9.88 Å². The van der Waals surface area contributed by atoms with E-state index >= 15 is 0 Å². The first-order valence-electron chi connectivity index (χ1n) is 6.91. The van der Waals surface area contributed by atoms with Gasteiger partial charge in [-0.05, 0) is 23.0 Å². The van der Waals surface area contributed by atoms with Gasteiger partial charge in [-0.15, -0.1) is 27.8 Å². The number of hydrogen-bond acceptors (Lipinski definition) is 6. The third kappa shape index (κ3) is 4.15. The standard InChI is InChI=1S/C14H14ClN5OS2/c1-20(12(21)5-4-11-17-14(15)19-18-11)7-9-8-23-13(16-9)10-3-2-6-22-10/h2-3,6,8H,4-5,7H2,1H3,(H,17,18,19). The largest absolute Gasteiger partial charge is 0.340 e. The van der Waals surface area contributed by atoms with Gasteiger partial charge in [-0.25, -0.2) is 9.97 Å². The number of amides is 1. The molecule has 0 aliphatic heterocycles. The van der Waals surface area contributed by atoms with Crippen molar-refractivity contribution in [3.05, 3.63) is 39.7 Å². The Morgan fingerprint density at radius 3 is 2.96 bits per heavy atom. The van der Waals surface area contributed by atoms with Crippen LogP contribution in [0.3, 0.4) is 0 Å². The average Bonchev–Trinajstić information content (AvgIpc) is 3.25. The van der Waals surface area contributed by atoms with Crippen molar-refractivity contribution in [2.75, 3.05) is 7.05 Å². The van der Waals surface area contributed by atoms with Crippen molar-refractivity contribution < 1.29 is 4.79 Å². The van der Waals surface area contributed by atoms with Gasteiger partial charge in [0, 0.05) is 25.3 Å². The lowest BCUT2D eigenvalue weighted by molar-refractivity contribution is -0.130. The molecule has 3 aromatic rings. The molecule has 3 heterocycles. The maximum atomic E-state index is 12.2. The molecular formula is C14H14ClN5OS2. The average molecular weight is 368 g/mol. The second kappa shape index (κ2) is 7.20. The van der Waals surface area contributed by atoms with Crippen molar-refractivity contribution >= 4 is 40.2 Å².